The number of carboxylic acids is 1. The fourth-order valence-electron chi connectivity index (χ4n) is 4.03. The maximum Gasteiger partial charge on any atom is 0.317 e. The molecule has 0 radical (unpaired) electrons. The van der Waals surface area contributed by atoms with Crippen LogP contribution in [0, 0.1) is 0 Å². The molecule has 0 bridgehead atoms. The van der Waals surface area contributed by atoms with Gasteiger partial charge in [0.15, 0.2) is 12.1 Å². The molecule has 172 valence electrons. The Labute approximate surface area is 187 Å². The number of aliphatic hydroxyl groups excluding tert-OH is 1. The summed E-state index contributed by atoms with van der Waals surface area (Å²) in [4.78, 5) is 13.1. The predicted molar refractivity (Wildman–Crippen MR) is 115 cm³/mol. The Morgan fingerprint density at radius 2 is 1.78 bits per heavy atom. The third-order valence-electron chi connectivity index (χ3n) is 5.49. The Morgan fingerprint density at radius 3 is 2.44 bits per heavy atom. The van der Waals surface area contributed by atoms with E-state index in [9.17, 15) is 15.0 Å². The van der Waals surface area contributed by atoms with Crippen molar-refractivity contribution in [2.75, 3.05) is 13.1 Å². The van der Waals surface area contributed by atoms with Crippen LogP contribution >= 0.6 is 0 Å². The normalized spacial score (nSPS) is 26.2. The van der Waals surface area contributed by atoms with Crippen molar-refractivity contribution in [1.29, 1.82) is 0 Å². The first-order chi connectivity index (χ1) is 15.3. The van der Waals surface area contributed by atoms with E-state index in [1.54, 1.807) is 18.7 Å². The van der Waals surface area contributed by atoms with E-state index in [-0.39, 0.29) is 13.1 Å². The van der Waals surface area contributed by atoms with Crippen molar-refractivity contribution in [3.05, 3.63) is 65.7 Å². The summed E-state index contributed by atoms with van der Waals surface area (Å²) in [6.45, 7) is 4.45. The highest BCUT2D eigenvalue weighted by Crippen LogP contribution is 2.37. The fraction of sp³-hybridized carbons (Fsp3) is 0.458. The minimum absolute atomic E-state index is 0.179. The SMILES string of the molecule is CC1(C)O[C@H]2O[C@H](CN(CC(=O)O)Cc3ccc(OCc4ccccc4)cc3)[C@H](O)[C@H]2O1. The molecule has 4 atom stereocenters. The Kier molecular flexibility index (Phi) is 6.78. The summed E-state index contributed by atoms with van der Waals surface area (Å²) in [5.74, 6) is -1.03. The number of carboxylic acid groups (broad SMARTS) is 1. The number of aliphatic hydroxyl groups is 1. The lowest BCUT2D eigenvalue weighted by molar-refractivity contribution is -0.216. The van der Waals surface area contributed by atoms with Crippen molar-refractivity contribution in [1.82, 2.24) is 4.90 Å². The quantitative estimate of drug-likeness (QED) is 0.610. The molecule has 2 aromatic rings. The molecule has 4 rings (SSSR count). The zero-order valence-electron chi connectivity index (χ0n) is 18.2. The molecule has 0 aromatic heterocycles. The number of rotatable bonds is 9. The predicted octanol–water partition coefficient (Wildman–Crippen LogP) is 2.39. The van der Waals surface area contributed by atoms with Crippen LogP contribution in [0.5, 0.6) is 5.75 Å². The van der Waals surface area contributed by atoms with Crippen LogP contribution in [0.3, 0.4) is 0 Å². The van der Waals surface area contributed by atoms with E-state index in [1.165, 1.54) is 0 Å². The van der Waals surface area contributed by atoms with Gasteiger partial charge in [0, 0.05) is 13.1 Å². The van der Waals surface area contributed by atoms with Gasteiger partial charge in [-0.05, 0) is 37.1 Å². The average Bonchev–Trinajstić information content (AvgIpc) is 3.20. The first kappa shape index (κ1) is 22.7. The zero-order valence-corrected chi connectivity index (χ0v) is 18.2. The number of aliphatic carboxylic acids is 1. The largest absolute Gasteiger partial charge is 0.489 e. The van der Waals surface area contributed by atoms with Crippen molar-refractivity contribution < 1.29 is 34.0 Å². The first-order valence-electron chi connectivity index (χ1n) is 10.7. The van der Waals surface area contributed by atoms with Crippen LogP contribution in [0.25, 0.3) is 0 Å². The molecular weight excluding hydrogens is 414 g/mol. The van der Waals surface area contributed by atoms with Crippen molar-refractivity contribution in [3.63, 3.8) is 0 Å². The molecule has 32 heavy (non-hydrogen) atoms. The van der Waals surface area contributed by atoms with Gasteiger partial charge in [-0.15, -0.1) is 0 Å². The summed E-state index contributed by atoms with van der Waals surface area (Å²) >= 11 is 0. The molecule has 8 nitrogen and oxygen atoms in total. The second kappa shape index (κ2) is 9.56. The Morgan fingerprint density at radius 1 is 1.06 bits per heavy atom. The topological polar surface area (TPSA) is 97.7 Å². The molecule has 2 aliphatic rings. The highest BCUT2D eigenvalue weighted by atomic mass is 16.8. The van der Waals surface area contributed by atoms with Gasteiger partial charge in [0.2, 0.25) is 0 Å². The smallest absolute Gasteiger partial charge is 0.317 e. The minimum atomic E-state index is -0.950. The van der Waals surface area contributed by atoms with Crippen LogP contribution in [0.1, 0.15) is 25.0 Å². The van der Waals surface area contributed by atoms with E-state index in [2.05, 4.69) is 0 Å². The van der Waals surface area contributed by atoms with Crippen LogP contribution in [0.15, 0.2) is 54.6 Å². The number of ether oxygens (including phenoxy) is 4. The van der Waals surface area contributed by atoms with Gasteiger partial charge in [0.1, 0.15) is 30.7 Å². The molecule has 2 N–H and O–H groups in total. The van der Waals surface area contributed by atoms with E-state index < -0.39 is 36.4 Å². The van der Waals surface area contributed by atoms with E-state index in [1.807, 2.05) is 54.6 Å². The molecule has 0 amide bonds. The lowest BCUT2D eigenvalue weighted by Gasteiger charge is -2.27. The third kappa shape index (κ3) is 5.65. The van der Waals surface area contributed by atoms with Crippen LogP contribution in [-0.4, -0.2) is 64.6 Å². The summed E-state index contributed by atoms with van der Waals surface area (Å²) in [5.41, 5.74) is 2.01. The van der Waals surface area contributed by atoms with Crippen molar-refractivity contribution in [2.45, 2.75) is 57.4 Å². The molecule has 2 aromatic carbocycles. The van der Waals surface area contributed by atoms with Crippen LogP contribution in [0.2, 0.25) is 0 Å². The summed E-state index contributed by atoms with van der Waals surface area (Å²) in [6, 6.07) is 17.5. The molecular formula is C24H29NO7. The van der Waals surface area contributed by atoms with Gasteiger partial charge < -0.3 is 29.2 Å². The van der Waals surface area contributed by atoms with Crippen LogP contribution in [-0.2, 0) is 32.2 Å². The molecule has 0 aliphatic carbocycles. The van der Waals surface area contributed by atoms with Gasteiger partial charge in [-0.3, -0.25) is 9.69 Å². The molecule has 0 spiro atoms. The number of hydrogen-bond donors (Lipinski definition) is 2. The Bertz CT molecular complexity index is 902. The summed E-state index contributed by atoms with van der Waals surface area (Å²) < 4.78 is 23.0. The van der Waals surface area contributed by atoms with E-state index in [0.717, 1.165) is 16.9 Å². The lowest BCUT2D eigenvalue weighted by Crippen LogP contribution is -2.43. The van der Waals surface area contributed by atoms with Crippen molar-refractivity contribution in [2.24, 2.45) is 0 Å². The van der Waals surface area contributed by atoms with Gasteiger partial charge in [-0.25, -0.2) is 0 Å². The number of fused-ring (bicyclic) bond motifs is 1. The van der Waals surface area contributed by atoms with Gasteiger partial charge in [0.25, 0.3) is 0 Å². The highest BCUT2D eigenvalue weighted by Gasteiger charge is 2.54. The summed E-state index contributed by atoms with van der Waals surface area (Å²) in [6.07, 6.45) is -2.73. The van der Waals surface area contributed by atoms with Crippen molar-refractivity contribution >= 4 is 5.97 Å². The number of nitrogens with zero attached hydrogens (tertiary/aromatic N) is 1. The number of benzene rings is 2. The molecule has 2 aliphatic heterocycles. The maximum absolute atomic E-state index is 11.4. The molecule has 2 fully saturated rings. The molecule has 0 saturated carbocycles. The fourth-order valence-corrected chi connectivity index (χ4v) is 4.03. The van der Waals surface area contributed by atoms with E-state index >= 15 is 0 Å². The first-order valence-corrected chi connectivity index (χ1v) is 10.7. The van der Waals surface area contributed by atoms with Crippen molar-refractivity contribution in [3.8, 4) is 5.75 Å². The molecule has 0 unspecified atom stereocenters. The summed E-state index contributed by atoms with van der Waals surface area (Å²) in [7, 11) is 0. The maximum atomic E-state index is 11.4. The minimum Gasteiger partial charge on any atom is -0.489 e. The number of carbonyl (C=O) groups is 1. The monoisotopic (exact) mass is 443 g/mol. The van der Waals surface area contributed by atoms with Gasteiger partial charge in [-0.1, -0.05) is 42.5 Å². The zero-order chi connectivity index (χ0) is 22.7. The molecule has 2 saturated heterocycles. The van der Waals surface area contributed by atoms with E-state index in [0.29, 0.717) is 13.2 Å². The lowest BCUT2D eigenvalue weighted by atomic mass is 10.1. The third-order valence-corrected chi connectivity index (χ3v) is 5.49. The number of hydrogen-bond acceptors (Lipinski definition) is 7. The second-order valence-corrected chi connectivity index (χ2v) is 8.62. The Balaban J connectivity index is 1.34. The second-order valence-electron chi connectivity index (χ2n) is 8.62. The van der Waals surface area contributed by atoms with E-state index in [4.69, 9.17) is 18.9 Å². The highest BCUT2D eigenvalue weighted by molar-refractivity contribution is 5.69. The van der Waals surface area contributed by atoms with Gasteiger partial charge >= 0.3 is 5.97 Å². The molecule has 8 heteroatoms. The molecule has 2 heterocycles. The average molecular weight is 443 g/mol. The summed E-state index contributed by atoms with van der Waals surface area (Å²) in [5, 5.41) is 19.9. The standard InChI is InChI=1S/C24H29NO7/c1-24(2)31-22-21(28)19(30-23(22)32-24)13-25(14-20(26)27)12-16-8-10-18(11-9-16)29-15-17-6-4-3-5-7-17/h3-11,19,21-23,28H,12-15H2,1-2H3,(H,26,27)/t19-,21+,22-,23-/m1/s1. The van der Waals surface area contributed by atoms with Gasteiger partial charge in [0.05, 0.1) is 6.54 Å². The Hall–Kier alpha value is -2.49. The van der Waals surface area contributed by atoms with Crippen LogP contribution in [0.4, 0.5) is 0 Å². The van der Waals surface area contributed by atoms with Gasteiger partial charge in [-0.2, -0.15) is 0 Å². The van der Waals surface area contributed by atoms with Crippen LogP contribution < -0.4 is 4.74 Å².